The monoisotopic (exact) mass is 272 g/mol. The van der Waals surface area contributed by atoms with Gasteiger partial charge >= 0.3 is 0 Å². The van der Waals surface area contributed by atoms with Crippen molar-refractivity contribution in [3.8, 4) is 0 Å². The minimum absolute atomic E-state index is 0.0397. The average Bonchev–Trinajstić information content (AvgIpc) is 2.90. The molecule has 4 heteroatoms. The van der Waals surface area contributed by atoms with Gasteiger partial charge in [0.2, 0.25) is 5.91 Å². The van der Waals surface area contributed by atoms with Crippen molar-refractivity contribution in [3.05, 3.63) is 59.9 Å². The van der Waals surface area contributed by atoms with Gasteiger partial charge in [0.1, 0.15) is 6.10 Å². The van der Waals surface area contributed by atoms with Gasteiger partial charge in [-0.05, 0) is 24.1 Å². The Morgan fingerprint density at radius 3 is 2.65 bits per heavy atom. The quantitative estimate of drug-likeness (QED) is 0.842. The molecule has 1 aromatic carbocycles. The lowest BCUT2D eigenvalue weighted by molar-refractivity contribution is -0.121. The third kappa shape index (κ3) is 3.96. The van der Waals surface area contributed by atoms with Crippen LogP contribution in [0.1, 0.15) is 23.8 Å². The maximum absolute atomic E-state index is 11.7. The fraction of sp³-hybridized carbons (Fsp3) is 0.312. The van der Waals surface area contributed by atoms with Crippen molar-refractivity contribution in [2.24, 2.45) is 7.05 Å². The van der Waals surface area contributed by atoms with Crippen LogP contribution in [0, 0.1) is 0 Å². The number of rotatable bonds is 6. The fourth-order valence-electron chi connectivity index (χ4n) is 2.13. The van der Waals surface area contributed by atoms with Gasteiger partial charge < -0.3 is 15.0 Å². The number of carbonyl (C=O) groups is 1. The number of aryl methyl sites for hydroxylation is 2. The van der Waals surface area contributed by atoms with E-state index in [9.17, 15) is 9.90 Å². The number of nitrogens with zero attached hydrogens (tertiary/aromatic N) is 1. The molecule has 1 atom stereocenters. The SMILES string of the molecule is Cn1cccc1[C@@H](O)CNC(=O)CCc1ccccc1. The molecule has 2 N–H and O–H groups in total. The predicted octanol–water partition coefficient (Wildman–Crippen LogP) is 1.81. The molecule has 0 bridgehead atoms. The summed E-state index contributed by atoms with van der Waals surface area (Å²) < 4.78 is 1.85. The molecule has 4 nitrogen and oxygen atoms in total. The van der Waals surface area contributed by atoms with Crippen LogP contribution in [0.15, 0.2) is 48.7 Å². The van der Waals surface area contributed by atoms with E-state index in [1.807, 2.05) is 60.3 Å². The van der Waals surface area contributed by atoms with Crippen molar-refractivity contribution in [2.75, 3.05) is 6.54 Å². The van der Waals surface area contributed by atoms with Gasteiger partial charge in [0.15, 0.2) is 0 Å². The Hall–Kier alpha value is -2.07. The Bertz CT molecular complexity index is 549. The summed E-state index contributed by atoms with van der Waals surface area (Å²) in [4.78, 5) is 11.7. The normalized spacial score (nSPS) is 12.1. The number of benzene rings is 1. The molecular formula is C16H20N2O2. The van der Waals surface area contributed by atoms with E-state index in [-0.39, 0.29) is 12.5 Å². The molecule has 1 amide bonds. The molecule has 0 unspecified atom stereocenters. The van der Waals surface area contributed by atoms with E-state index in [0.29, 0.717) is 12.8 Å². The zero-order valence-corrected chi connectivity index (χ0v) is 11.6. The summed E-state index contributed by atoms with van der Waals surface area (Å²) in [7, 11) is 1.87. The summed E-state index contributed by atoms with van der Waals surface area (Å²) >= 11 is 0. The van der Waals surface area contributed by atoms with Crippen LogP contribution >= 0.6 is 0 Å². The summed E-state index contributed by atoms with van der Waals surface area (Å²) in [5, 5.41) is 12.8. The Balaban J connectivity index is 1.74. The number of nitrogens with one attached hydrogen (secondary N) is 1. The highest BCUT2D eigenvalue weighted by Gasteiger charge is 2.11. The highest BCUT2D eigenvalue weighted by molar-refractivity contribution is 5.76. The maximum Gasteiger partial charge on any atom is 0.220 e. The molecule has 106 valence electrons. The molecule has 0 aliphatic rings. The van der Waals surface area contributed by atoms with Gasteiger partial charge in [-0.15, -0.1) is 0 Å². The van der Waals surface area contributed by atoms with Crippen molar-refractivity contribution < 1.29 is 9.90 Å². The number of aliphatic hydroxyl groups excluding tert-OH is 1. The van der Waals surface area contributed by atoms with Gasteiger partial charge in [0, 0.05) is 31.9 Å². The predicted molar refractivity (Wildman–Crippen MR) is 78.1 cm³/mol. The fourth-order valence-corrected chi connectivity index (χ4v) is 2.13. The highest BCUT2D eigenvalue weighted by Crippen LogP contribution is 2.11. The maximum atomic E-state index is 11.7. The van der Waals surface area contributed by atoms with Crippen LogP contribution in [0.5, 0.6) is 0 Å². The lowest BCUT2D eigenvalue weighted by Gasteiger charge is -2.13. The van der Waals surface area contributed by atoms with Gasteiger partial charge in [0.05, 0.1) is 0 Å². The first kappa shape index (κ1) is 14.3. The largest absolute Gasteiger partial charge is 0.385 e. The lowest BCUT2D eigenvalue weighted by atomic mass is 10.1. The Labute approximate surface area is 119 Å². The van der Waals surface area contributed by atoms with Crippen molar-refractivity contribution in [2.45, 2.75) is 18.9 Å². The molecule has 0 radical (unpaired) electrons. The Kier molecular flexibility index (Phi) is 4.96. The summed E-state index contributed by atoms with van der Waals surface area (Å²) in [6, 6.07) is 13.6. The zero-order valence-electron chi connectivity index (χ0n) is 11.6. The highest BCUT2D eigenvalue weighted by atomic mass is 16.3. The zero-order chi connectivity index (χ0) is 14.4. The lowest BCUT2D eigenvalue weighted by Crippen LogP contribution is -2.29. The number of hydrogen-bond acceptors (Lipinski definition) is 2. The first-order valence-electron chi connectivity index (χ1n) is 6.76. The molecule has 1 heterocycles. The van der Waals surface area contributed by atoms with Crippen LogP contribution in [0.25, 0.3) is 0 Å². The molecule has 0 fully saturated rings. The van der Waals surface area contributed by atoms with E-state index in [2.05, 4.69) is 5.32 Å². The van der Waals surface area contributed by atoms with E-state index in [1.165, 1.54) is 0 Å². The molecule has 0 aliphatic heterocycles. The second-order valence-corrected chi connectivity index (χ2v) is 4.85. The van der Waals surface area contributed by atoms with Crippen LogP contribution in [0.3, 0.4) is 0 Å². The summed E-state index contributed by atoms with van der Waals surface area (Å²) in [5.74, 6) is -0.0397. The third-order valence-electron chi connectivity index (χ3n) is 3.30. The molecule has 20 heavy (non-hydrogen) atoms. The first-order chi connectivity index (χ1) is 9.66. The number of hydrogen-bond donors (Lipinski definition) is 2. The molecule has 0 saturated carbocycles. The third-order valence-corrected chi connectivity index (χ3v) is 3.30. The van der Waals surface area contributed by atoms with E-state index in [0.717, 1.165) is 11.3 Å². The molecule has 2 aromatic rings. The van der Waals surface area contributed by atoms with Gasteiger partial charge in [0.25, 0.3) is 0 Å². The van der Waals surface area contributed by atoms with Gasteiger partial charge in [-0.1, -0.05) is 30.3 Å². The average molecular weight is 272 g/mol. The second kappa shape index (κ2) is 6.91. The van der Waals surface area contributed by atoms with Crippen LogP contribution in [-0.4, -0.2) is 22.1 Å². The number of carbonyl (C=O) groups excluding carboxylic acids is 1. The molecule has 0 spiro atoms. The van der Waals surface area contributed by atoms with Crippen molar-refractivity contribution >= 4 is 5.91 Å². The van der Waals surface area contributed by atoms with E-state index in [4.69, 9.17) is 0 Å². The molecule has 1 aromatic heterocycles. The summed E-state index contributed by atoms with van der Waals surface area (Å²) in [6.45, 7) is 0.242. The smallest absolute Gasteiger partial charge is 0.220 e. The standard InChI is InChI=1S/C16H20N2O2/c1-18-11-5-8-14(18)15(19)12-17-16(20)10-9-13-6-3-2-4-7-13/h2-8,11,15,19H,9-10,12H2,1H3,(H,17,20)/t15-/m0/s1. The van der Waals surface area contributed by atoms with Crippen LogP contribution in [-0.2, 0) is 18.3 Å². The number of aromatic nitrogens is 1. The van der Waals surface area contributed by atoms with E-state index >= 15 is 0 Å². The second-order valence-electron chi connectivity index (χ2n) is 4.85. The molecule has 0 aliphatic carbocycles. The van der Waals surface area contributed by atoms with Gasteiger partial charge in [-0.25, -0.2) is 0 Å². The van der Waals surface area contributed by atoms with Crippen LogP contribution < -0.4 is 5.32 Å². The molecule has 0 saturated heterocycles. The number of amides is 1. The van der Waals surface area contributed by atoms with Crippen LogP contribution in [0.2, 0.25) is 0 Å². The van der Waals surface area contributed by atoms with Crippen molar-refractivity contribution in [3.63, 3.8) is 0 Å². The van der Waals surface area contributed by atoms with E-state index < -0.39 is 6.10 Å². The number of aliphatic hydroxyl groups is 1. The van der Waals surface area contributed by atoms with Gasteiger partial charge in [-0.2, -0.15) is 0 Å². The summed E-state index contributed by atoms with van der Waals surface area (Å²) in [6.07, 6.45) is 2.35. The van der Waals surface area contributed by atoms with Gasteiger partial charge in [-0.3, -0.25) is 4.79 Å². The van der Waals surface area contributed by atoms with Crippen LogP contribution in [0.4, 0.5) is 0 Å². The molecule has 2 rings (SSSR count). The Morgan fingerprint density at radius 1 is 1.25 bits per heavy atom. The first-order valence-corrected chi connectivity index (χ1v) is 6.76. The minimum atomic E-state index is -0.671. The summed E-state index contributed by atoms with van der Waals surface area (Å²) in [5.41, 5.74) is 1.94. The topological polar surface area (TPSA) is 54.3 Å². The Morgan fingerprint density at radius 2 is 2.00 bits per heavy atom. The van der Waals surface area contributed by atoms with Crippen molar-refractivity contribution in [1.82, 2.24) is 9.88 Å². The minimum Gasteiger partial charge on any atom is -0.385 e. The van der Waals surface area contributed by atoms with E-state index in [1.54, 1.807) is 0 Å². The van der Waals surface area contributed by atoms with Crippen molar-refractivity contribution in [1.29, 1.82) is 0 Å². The molecular weight excluding hydrogens is 252 g/mol.